The number of likely N-dealkylation sites (tertiary alicyclic amines) is 1. The summed E-state index contributed by atoms with van der Waals surface area (Å²) in [6.07, 6.45) is 0.927. The summed E-state index contributed by atoms with van der Waals surface area (Å²) in [6, 6.07) is 7.74. The van der Waals surface area contributed by atoms with Crippen molar-refractivity contribution in [3.63, 3.8) is 0 Å². The number of hydrogen-bond acceptors (Lipinski definition) is 3. The summed E-state index contributed by atoms with van der Waals surface area (Å²) in [5, 5.41) is 11.6. The molecule has 0 bridgehead atoms. The van der Waals surface area contributed by atoms with Crippen LogP contribution in [0.3, 0.4) is 0 Å². The van der Waals surface area contributed by atoms with E-state index in [0.29, 0.717) is 13.1 Å². The third kappa shape index (κ3) is 3.54. The number of carboxylic acids is 1. The van der Waals surface area contributed by atoms with E-state index in [2.05, 4.69) is 12.2 Å². The number of hydrogen-bond donors (Lipinski definition) is 2. The molecule has 0 aliphatic carbocycles. The molecule has 19 heavy (non-hydrogen) atoms. The van der Waals surface area contributed by atoms with E-state index in [4.69, 9.17) is 5.11 Å². The Bertz CT molecular complexity index is 481. The molecule has 1 amide bonds. The van der Waals surface area contributed by atoms with Crippen LogP contribution < -0.4 is 5.32 Å². The van der Waals surface area contributed by atoms with Gasteiger partial charge in [-0.3, -0.25) is 14.5 Å². The quantitative estimate of drug-likeness (QED) is 0.836. The molecule has 0 aromatic heterocycles. The fraction of sp³-hybridized carbons (Fsp3) is 0.429. The van der Waals surface area contributed by atoms with Gasteiger partial charge in [-0.25, -0.2) is 0 Å². The second kappa shape index (κ2) is 5.84. The summed E-state index contributed by atoms with van der Waals surface area (Å²) in [4.78, 5) is 24.3. The zero-order valence-electron chi connectivity index (χ0n) is 10.9. The molecule has 1 saturated heterocycles. The minimum Gasteiger partial charge on any atom is -0.481 e. The van der Waals surface area contributed by atoms with E-state index in [1.54, 1.807) is 0 Å². The lowest BCUT2D eigenvalue weighted by Gasteiger charge is -2.35. The zero-order valence-corrected chi connectivity index (χ0v) is 10.9. The van der Waals surface area contributed by atoms with Crippen LogP contribution in [0.2, 0.25) is 0 Å². The molecule has 1 aromatic carbocycles. The molecule has 0 atom stereocenters. The van der Waals surface area contributed by atoms with E-state index >= 15 is 0 Å². The lowest BCUT2D eigenvalue weighted by molar-refractivity contribution is -0.148. The molecule has 102 valence electrons. The lowest BCUT2D eigenvalue weighted by Crippen LogP contribution is -2.52. The summed E-state index contributed by atoms with van der Waals surface area (Å²) in [7, 11) is 0. The number of aryl methyl sites for hydroxylation is 1. The number of amides is 1. The lowest BCUT2D eigenvalue weighted by atomic mass is 10.0. The Labute approximate surface area is 112 Å². The van der Waals surface area contributed by atoms with Crippen LogP contribution in [0.4, 0.5) is 5.69 Å². The third-order valence-corrected chi connectivity index (χ3v) is 3.29. The van der Waals surface area contributed by atoms with E-state index < -0.39 is 5.97 Å². The molecule has 1 aliphatic rings. The smallest absolute Gasteiger partial charge is 0.309 e. The van der Waals surface area contributed by atoms with Crippen molar-refractivity contribution in [3.8, 4) is 0 Å². The Morgan fingerprint density at radius 3 is 2.79 bits per heavy atom. The van der Waals surface area contributed by atoms with Crippen LogP contribution in [-0.4, -0.2) is 41.5 Å². The number of carbonyl (C=O) groups excluding carboxylic acids is 1. The van der Waals surface area contributed by atoms with Crippen LogP contribution in [0, 0.1) is 5.92 Å². The average molecular weight is 262 g/mol. The van der Waals surface area contributed by atoms with Gasteiger partial charge in [-0.2, -0.15) is 0 Å². The second-order valence-electron chi connectivity index (χ2n) is 4.83. The second-order valence-corrected chi connectivity index (χ2v) is 4.83. The van der Waals surface area contributed by atoms with E-state index in [1.807, 2.05) is 29.2 Å². The minimum absolute atomic E-state index is 0.0999. The summed E-state index contributed by atoms with van der Waals surface area (Å²) in [5.41, 5.74) is 1.97. The molecule has 5 heteroatoms. The van der Waals surface area contributed by atoms with Crippen molar-refractivity contribution in [1.29, 1.82) is 0 Å². The highest BCUT2D eigenvalue weighted by atomic mass is 16.4. The maximum atomic E-state index is 11.8. The van der Waals surface area contributed by atoms with Crippen molar-refractivity contribution in [2.24, 2.45) is 5.92 Å². The number of nitrogens with one attached hydrogen (secondary N) is 1. The summed E-state index contributed by atoms with van der Waals surface area (Å²) < 4.78 is 0. The molecule has 1 fully saturated rings. The van der Waals surface area contributed by atoms with Gasteiger partial charge in [0.2, 0.25) is 5.91 Å². The van der Waals surface area contributed by atoms with E-state index in [9.17, 15) is 9.59 Å². The highest BCUT2D eigenvalue weighted by Crippen LogP contribution is 2.16. The average Bonchev–Trinajstić information content (AvgIpc) is 2.33. The van der Waals surface area contributed by atoms with Gasteiger partial charge in [-0.05, 0) is 24.1 Å². The van der Waals surface area contributed by atoms with Crippen molar-refractivity contribution in [2.45, 2.75) is 13.3 Å². The van der Waals surface area contributed by atoms with Gasteiger partial charge in [0.15, 0.2) is 0 Å². The number of aliphatic carboxylic acids is 1. The maximum absolute atomic E-state index is 11.8. The molecule has 2 rings (SSSR count). The topological polar surface area (TPSA) is 69.6 Å². The fourth-order valence-corrected chi connectivity index (χ4v) is 2.13. The van der Waals surface area contributed by atoms with Gasteiger partial charge in [0.05, 0.1) is 12.5 Å². The van der Waals surface area contributed by atoms with Gasteiger partial charge in [0.1, 0.15) is 0 Å². The molecule has 0 radical (unpaired) electrons. The molecule has 2 N–H and O–H groups in total. The van der Waals surface area contributed by atoms with E-state index in [1.165, 1.54) is 5.56 Å². The summed E-state index contributed by atoms with van der Waals surface area (Å²) >= 11 is 0. The Morgan fingerprint density at radius 2 is 2.16 bits per heavy atom. The number of anilines is 1. The van der Waals surface area contributed by atoms with E-state index in [0.717, 1.165) is 12.1 Å². The van der Waals surface area contributed by atoms with Crippen molar-refractivity contribution < 1.29 is 14.7 Å². The molecule has 5 nitrogen and oxygen atoms in total. The third-order valence-electron chi connectivity index (χ3n) is 3.29. The minimum atomic E-state index is -0.785. The van der Waals surface area contributed by atoms with Crippen molar-refractivity contribution in [3.05, 3.63) is 29.8 Å². The largest absolute Gasteiger partial charge is 0.481 e. The first kappa shape index (κ1) is 13.5. The van der Waals surface area contributed by atoms with Crippen LogP contribution in [0.5, 0.6) is 0 Å². The van der Waals surface area contributed by atoms with Crippen molar-refractivity contribution in [2.75, 3.05) is 25.0 Å². The number of carbonyl (C=O) groups is 2. The number of carboxylic acid groups (broad SMARTS) is 1. The molecular formula is C14H18N2O3. The van der Waals surface area contributed by atoms with Crippen LogP contribution in [0.15, 0.2) is 24.3 Å². The van der Waals surface area contributed by atoms with Crippen molar-refractivity contribution >= 4 is 17.6 Å². The standard InChI is InChI=1S/C14H18N2O3/c1-2-10-4-3-5-12(6-10)15-13(17)9-16-7-11(8-16)14(18)19/h3-6,11H,2,7-9H2,1H3,(H,15,17)(H,18,19). The van der Waals surface area contributed by atoms with Gasteiger partial charge < -0.3 is 10.4 Å². The molecule has 0 saturated carbocycles. The predicted molar refractivity (Wildman–Crippen MR) is 72.0 cm³/mol. The van der Waals surface area contributed by atoms with E-state index in [-0.39, 0.29) is 18.4 Å². The summed E-state index contributed by atoms with van der Waals surface area (Å²) in [5.74, 6) is -1.21. The predicted octanol–water partition coefficient (Wildman–Crippen LogP) is 1.20. The Kier molecular flexibility index (Phi) is 4.16. The number of nitrogens with zero attached hydrogens (tertiary/aromatic N) is 1. The molecule has 1 heterocycles. The van der Waals surface area contributed by atoms with Crippen LogP contribution >= 0.6 is 0 Å². The van der Waals surface area contributed by atoms with Crippen LogP contribution in [-0.2, 0) is 16.0 Å². The number of benzene rings is 1. The molecule has 0 spiro atoms. The first-order chi connectivity index (χ1) is 9.08. The SMILES string of the molecule is CCc1cccc(NC(=O)CN2CC(C(=O)O)C2)c1. The number of rotatable bonds is 5. The molecule has 1 aromatic rings. The zero-order chi connectivity index (χ0) is 13.8. The highest BCUT2D eigenvalue weighted by Gasteiger charge is 2.33. The molecule has 0 unspecified atom stereocenters. The summed E-state index contributed by atoms with van der Waals surface area (Å²) in [6.45, 7) is 3.22. The van der Waals surface area contributed by atoms with Crippen LogP contribution in [0.25, 0.3) is 0 Å². The monoisotopic (exact) mass is 262 g/mol. The van der Waals surface area contributed by atoms with Crippen molar-refractivity contribution in [1.82, 2.24) is 4.90 Å². The Morgan fingerprint density at radius 1 is 1.42 bits per heavy atom. The first-order valence-electron chi connectivity index (χ1n) is 6.42. The van der Waals surface area contributed by atoms with Gasteiger partial charge in [0.25, 0.3) is 0 Å². The fourth-order valence-electron chi connectivity index (χ4n) is 2.13. The van der Waals surface area contributed by atoms with Gasteiger partial charge in [-0.15, -0.1) is 0 Å². The van der Waals surface area contributed by atoms with Gasteiger partial charge in [0, 0.05) is 18.8 Å². The normalized spacial score (nSPS) is 15.8. The maximum Gasteiger partial charge on any atom is 0.309 e. The highest BCUT2D eigenvalue weighted by molar-refractivity contribution is 5.92. The van der Waals surface area contributed by atoms with Gasteiger partial charge in [-0.1, -0.05) is 19.1 Å². The molecule has 1 aliphatic heterocycles. The van der Waals surface area contributed by atoms with Gasteiger partial charge >= 0.3 is 5.97 Å². The Balaban J connectivity index is 1.80. The molecular weight excluding hydrogens is 244 g/mol. The first-order valence-corrected chi connectivity index (χ1v) is 6.42. The van der Waals surface area contributed by atoms with Crippen LogP contribution in [0.1, 0.15) is 12.5 Å². The Hall–Kier alpha value is -1.88.